The number of phenols is 1. The molecule has 310 valence electrons. The first-order chi connectivity index (χ1) is 28.4. The van der Waals surface area contributed by atoms with E-state index >= 15 is 8.78 Å². The molecule has 6 unspecified atom stereocenters. The van der Waals surface area contributed by atoms with Crippen LogP contribution in [0.25, 0.3) is 12.2 Å². The number of nitrogens with zero attached hydrogens (tertiary/aromatic N) is 2. The summed E-state index contributed by atoms with van der Waals surface area (Å²) in [4.78, 5) is 53.2. The van der Waals surface area contributed by atoms with Gasteiger partial charge in [0.25, 0.3) is 11.8 Å². The van der Waals surface area contributed by atoms with Crippen LogP contribution < -0.4 is 19.3 Å². The van der Waals surface area contributed by atoms with Crippen LogP contribution in [0.5, 0.6) is 17.2 Å². The monoisotopic (exact) mass is 866 g/mol. The first kappa shape index (κ1) is 41.0. The number of hydrogen-bond donors (Lipinski definition) is 1. The average molecular weight is 868 g/mol. The van der Waals surface area contributed by atoms with Gasteiger partial charge in [0.15, 0.2) is 33.0 Å². The van der Waals surface area contributed by atoms with Crippen LogP contribution in [0.2, 0.25) is 0 Å². The highest BCUT2D eigenvalue weighted by atomic mass is 35.5. The van der Waals surface area contributed by atoms with E-state index in [1.165, 1.54) is 19.2 Å². The van der Waals surface area contributed by atoms with Crippen LogP contribution in [0.1, 0.15) is 46.6 Å². The maximum Gasteiger partial charge on any atom is 0.258 e. The van der Waals surface area contributed by atoms with Crippen LogP contribution in [-0.4, -0.2) is 52.7 Å². The molecule has 6 atom stereocenters. The molecule has 4 aliphatic rings. The largest absolute Gasteiger partial charge is 0.507 e. The Morgan fingerprint density at radius 2 is 1.37 bits per heavy atom. The zero-order valence-electron chi connectivity index (χ0n) is 32.1. The lowest BCUT2D eigenvalue weighted by Gasteiger charge is -2.50. The van der Waals surface area contributed by atoms with E-state index in [4.69, 9.17) is 32.7 Å². The Balaban J connectivity index is 1.20. The molecule has 2 saturated heterocycles. The molecular formula is C44H33Cl2F5N2O7. The van der Waals surface area contributed by atoms with Crippen molar-refractivity contribution < 1.29 is 55.7 Å². The highest BCUT2D eigenvalue weighted by Gasteiger charge is 2.77. The van der Waals surface area contributed by atoms with Gasteiger partial charge in [-0.3, -0.25) is 24.1 Å². The van der Waals surface area contributed by atoms with E-state index in [-0.39, 0.29) is 28.3 Å². The molecule has 0 radical (unpaired) electrons. The molecule has 60 heavy (non-hydrogen) atoms. The molecule has 2 aliphatic heterocycles. The molecule has 0 spiro atoms. The SMILES string of the molecule is COc1ccc(OC)c(C=Cc2ccc(N3C(=O)C4CC=C5C(CC6(Cl)C(=O)N(c7c(F)c(F)c(F)c(F)c7F)C(=O)C6(Cl)C5c5cc(C)c(O)c(C)c5)C4C3=O)cc2)c1. The van der Waals surface area contributed by atoms with Gasteiger partial charge in [0.2, 0.25) is 17.6 Å². The van der Waals surface area contributed by atoms with Crippen molar-refractivity contribution in [3.63, 3.8) is 0 Å². The zero-order chi connectivity index (χ0) is 43.3. The number of benzene rings is 4. The fraction of sp³-hybridized carbons (Fsp3) is 0.273. The molecule has 2 heterocycles. The van der Waals surface area contributed by atoms with Gasteiger partial charge in [0.05, 0.1) is 31.7 Å². The van der Waals surface area contributed by atoms with E-state index in [0.29, 0.717) is 33.8 Å². The summed E-state index contributed by atoms with van der Waals surface area (Å²) in [6.07, 6.45) is 4.55. The fourth-order valence-electron chi connectivity index (χ4n) is 9.24. The third kappa shape index (κ3) is 5.70. The predicted octanol–water partition coefficient (Wildman–Crippen LogP) is 8.66. The average Bonchev–Trinajstić information content (AvgIpc) is 3.57. The molecule has 0 aromatic heterocycles. The van der Waals surface area contributed by atoms with E-state index in [9.17, 15) is 37.5 Å². The van der Waals surface area contributed by atoms with Gasteiger partial charge in [0, 0.05) is 11.5 Å². The Hall–Kier alpha value is -5.73. The van der Waals surface area contributed by atoms with E-state index in [1.54, 1.807) is 75.6 Å². The van der Waals surface area contributed by atoms with E-state index in [1.807, 2.05) is 6.08 Å². The Morgan fingerprint density at radius 1 is 0.750 bits per heavy atom. The molecule has 4 aromatic carbocycles. The van der Waals surface area contributed by atoms with Crippen molar-refractivity contribution >= 4 is 70.4 Å². The van der Waals surface area contributed by atoms with E-state index in [2.05, 4.69) is 0 Å². The number of carbonyl (C=O) groups is 4. The van der Waals surface area contributed by atoms with Gasteiger partial charge < -0.3 is 14.6 Å². The van der Waals surface area contributed by atoms with Crippen LogP contribution in [0.3, 0.4) is 0 Å². The summed E-state index contributed by atoms with van der Waals surface area (Å²) in [5.74, 6) is -20.3. The zero-order valence-corrected chi connectivity index (χ0v) is 33.6. The molecule has 4 aromatic rings. The first-order valence-corrected chi connectivity index (χ1v) is 19.3. The number of imide groups is 2. The standard InChI is InChI=1S/C44H33Cl2F5N2O7/c1-19-15-23(16-20(2)38(19)54)31-26-12-13-27-30(28(26)18-43(45)41(57)53(42(58)44(31,43)46)37-35(50)33(48)32(47)34(49)36(37)51)40(56)52(39(27)55)24-9-6-21(7-10-24)5-8-22-17-25(59-3)11-14-29(22)60-4/h5-12,14-17,27-28,30-31,54H,13,18H2,1-4H3. The smallest absolute Gasteiger partial charge is 0.258 e. The summed E-state index contributed by atoms with van der Waals surface area (Å²) in [6.45, 7) is 3.09. The molecule has 9 nitrogen and oxygen atoms in total. The summed E-state index contributed by atoms with van der Waals surface area (Å²) in [6, 6.07) is 14.8. The summed E-state index contributed by atoms with van der Waals surface area (Å²) < 4.78 is 84.8. The summed E-state index contributed by atoms with van der Waals surface area (Å²) in [7, 11) is 3.08. The lowest BCUT2D eigenvalue weighted by atomic mass is 9.56. The van der Waals surface area contributed by atoms with Crippen molar-refractivity contribution in [1.29, 1.82) is 0 Å². The lowest BCUT2D eigenvalue weighted by Crippen LogP contribution is -2.60. The Bertz CT molecular complexity index is 2590. The molecule has 8 rings (SSSR count). The number of hydrogen-bond acceptors (Lipinski definition) is 7. The number of alkyl halides is 2. The van der Waals surface area contributed by atoms with Crippen LogP contribution in [-0.2, 0) is 19.2 Å². The normalized spacial score (nSPS) is 26.1. The van der Waals surface area contributed by atoms with Crippen LogP contribution >= 0.6 is 23.2 Å². The summed E-state index contributed by atoms with van der Waals surface area (Å²) in [5, 5.41) is 10.7. The number of methoxy groups -OCH3 is 2. The molecular weight excluding hydrogens is 834 g/mol. The Morgan fingerprint density at radius 3 is 1.97 bits per heavy atom. The van der Waals surface area contributed by atoms with Crippen molar-refractivity contribution in [3.8, 4) is 17.2 Å². The Kier molecular flexibility index (Phi) is 9.90. The summed E-state index contributed by atoms with van der Waals surface area (Å²) in [5.41, 5.74) is 0.920. The van der Waals surface area contributed by atoms with Crippen molar-refractivity contribution in [2.75, 3.05) is 24.0 Å². The quantitative estimate of drug-likeness (QED) is 0.0377. The number of ether oxygens (including phenoxy) is 2. The number of aryl methyl sites for hydroxylation is 2. The number of anilines is 2. The maximum absolute atomic E-state index is 15.4. The number of fused-ring (bicyclic) bond motifs is 4. The number of halogens is 7. The van der Waals surface area contributed by atoms with Crippen molar-refractivity contribution in [2.24, 2.45) is 17.8 Å². The van der Waals surface area contributed by atoms with Crippen molar-refractivity contribution in [1.82, 2.24) is 0 Å². The third-order valence-corrected chi connectivity index (χ3v) is 13.5. The number of aromatic hydroxyl groups is 1. The fourth-order valence-corrected chi connectivity index (χ4v) is 10.2. The van der Waals surface area contributed by atoms with Gasteiger partial charge in [-0.25, -0.2) is 26.9 Å². The van der Waals surface area contributed by atoms with E-state index < -0.39 is 98.2 Å². The van der Waals surface area contributed by atoms with E-state index in [0.717, 1.165) is 10.5 Å². The first-order valence-electron chi connectivity index (χ1n) is 18.6. The van der Waals surface area contributed by atoms with Gasteiger partial charge in [-0.1, -0.05) is 48.1 Å². The molecule has 16 heteroatoms. The van der Waals surface area contributed by atoms with Crippen molar-refractivity contribution in [2.45, 2.75) is 42.4 Å². The predicted molar refractivity (Wildman–Crippen MR) is 211 cm³/mol. The topological polar surface area (TPSA) is 113 Å². The van der Waals surface area contributed by atoms with Gasteiger partial charge in [0.1, 0.15) is 22.9 Å². The second-order valence-electron chi connectivity index (χ2n) is 15.2. The highest BCUT2D eigenvalue weighted by Crippen LogP contribution is 2.66. The maximum atomic E-state index is 15.4. The molecule has 2 aliphatic carbocycles. The third-order valence-electron chi connectivity index (χ3n) is 12.1. The number of allylic oxidation sites excluding steroid dienone is 2. The second kappa shape index (κ2) is 14.5. The minimum absolute atomic E-state index is 0.0287. The van der Waals surface area contributed by atoms with Gasteiger partial charge in [-0.05, 0) is 85.2 Å². The number of phenolic OH excluding ortho intramolecular Hbond substituents is 1. The molecule has 3 fully saturated rings. The minimum Gasteiger partial charge on any atom is -0.507 e. The number of carbonyl (C=O) groups excluding carboxylic acids is 4. The molecule has 1 N–H and O–H groups in total. The van der Waals surface area contributed by atoms with Gasteiger partial charge >= 0.3 is 0 Å². The van der Waals surface area contributed by atoms with Crippen molar-refractivity contribution in [3.05, 3.63) is 123 Å². The number of amides is 4. The molecule has 0 bridgehead atoms. The van der Waals surface area contributed by atoms with Crippen LogP contribution in [0, 0.1) is 60.7 Å². The van der Waals surface area contributed by atoms with Crippen LogP contribution in [0.15, 0.2) is 66.2 Å². The number of rotatable bonds is 7. The summed E-state index contributed by atoms with van der Waals surface area (Å²) >= 11 is 14.5. The minimum atomic E-state index is -2.68. The van der Waals surface area contributed by atoms with Gasteiger partial charge in [-0.15, -0.1) is 23.2 Å². The second-order valence-corrected chi connectivity index (χ2v) is 16.5. The Labute approximate surface area is 349 Å². The molecule has 1 saturated carbocycles. The van der Waals surface area contributed by atoms with Crippen LogP contribution in [0.4, 0.5) is 33.3 Å². The lowest BCUT2D eigenvalue weighted by molar-refractivity contribution is -0.125. The molecule has 4 amide bonds. The highest BCUT2D eigenvalue weighted by molar-refractivity contribution is 6.58. The van der Waals surface area contributed by atoms with Gasteiger partial charge in [-0.2, -0.15) is 0 Å².